The predicted molar refractivity (Wildman–Crippen MR) is 71.6 cm³/mol. The molecule has 18 heavy (non-hydrogen) atoms. The summed E-state index contributed by atoms with van der Waals surface area (Å²) in [5, 5.41) is 3.53. The lowest BCUT2D eigenvalue weighted by Gasteiger charge is -2.11. The van der Waals surface area contributed by atoms with Crippen molar-refractivity contribution in [2.45, 2.75) is 52.1 Å². The van der Waals surface area contributed by atoms with E-state index in [9.17, 15) is 0 Å². The highest BCUT2D eigenvalue weighted by molar-refractivity contribution is 5.24. The monoisotopic (exact) mass is 249 g/mol. The van der Waals surface area contributed by atoms with E-state index in [0.29, 0.717) is 0 Å². The summed E-state index contributed by atoms with van der Waals surface area (Å²) >= 11 is 0. The molecule has 0 atom stereocenters. The van der Waals surface area contributed by atoms with Gasteiger partial charge in [0.1, 0.15) is 5.82 Å². The van der Waals surface area contributed by atoms with Crippen LogP contribution in [0.1, 0.15) is 42.0 Å². The molecule has 1 heterocycles. The number of nitrogens with one attached hydrogen (secondary N) is 1. The maximum absolute atomic E-state index is 5.05. The highest BCUT2D eigenvalue weighted by Gasteiger charge is 2.21. The molecule has 0 spiro atoms. The molecule has 1 aliphatic carbocycles. The van der Waals surface area contributed by atoms with Crippen LogP contribution in [0.4, 0.5) is 0 Å². The molecular formula is C14H23N3O. The molecular weight excluding hydrogens is 226 g/mol. The predicted octanol–water partition coefficient (Wildman–Crippen LogP) is 1.92. The first-order valence-electron chi connectivity index (χ1n) is 6.76. The van der Waals surface area contributed by atoms with E-state index in [1.54, 1.807) is 7.11 Å². The van der Waals surface area contributed by atoms with Gasteiger partial charge in [0.15, 0.2) is 0 Å². The van der Waals surface area contributed by atoms with Gasteiger partial charge in [-0.25, -0.2) is 9.97 Å². The second-order valence-electron chi connectivity index (χ2n) is 5.04. The standard InChI is InChI=1S/C14H23N3O/c1-10-13(9-15-12-6-7-12)11(2)17-14(16-10)5-4-8-18-3/h12,15H,4-9H2,1-3H3. The Bertz CT molecular complexity index is 379. The summed E-state index contributed by atoms with van der Waals surface area (Å²) in [6.07, 6.45) is 4.50. The van der Waals surface area contributed by atoms with Crippen molar-refractivity contribution in [3.05, 3.63) is 22.8 Å². The molecule has 0 saturated heterocycles. The first-order valence-corrected chi connectivity index (χ1v) is 6.76. The van der Waals surface area contributed by atoms with Crippen LogP contribution in [0, 0.1) is 13.8 Å². The Morgan fingerprint density at radius 1 is 1.22 bits per heavy atom. The van der Waals surface area contributed by atoms with E-state index >= 15 is 0 Å². The van der Waals surface area contributed by atoms with Crippen molar-refractivity contribution in [1.82, 2.24) is 15.3 Å². The molecule has 0 bridgehead atoms. The normalized spacial score (nSPS) is 15.1. The zero-order valence-electron chi connectivity index (χ0n) is 11.6. The van der Waals surface area contributed by atoms with Crippen LogP contribution in [-0.4, -0.2) is 29.7 Å². The number of hydrogen-bond donors (Lipinski definition) is 1. The van der Waals surface area contributed by atoms with Crippen LogP contribution >= 0.6 is 0 Å². The zero-order valence-corrected chi connectivity index (χ0v) is 11.6. The van der Waals surface area contributed by atoms with Crippen LogP contribution in [0.25, 0.3) is 0 Å². The third-order valence-corrected chi connectivity index (χ3v) is 3.36. The van der Waals surface area contributed by atoms with Crippen LogP contribution in [0.5, 0.6) is 0 Å². The van der Waals surface area contributed by atoms with Gasteiger partial charge >= 0.3 is 0 Å². The minimum Gasteiger partial charge on any atom is -0.385 e. The first kappa shape index (κ1) is 13.4. The summed E-state index contributed by atoms with van der Waals surface area (Å²) < 4.78 is 5.05. The van der Waals surface area contributed by atoms with Crippen molar-refractivity contribution in [3.63, 3.8) is 0 Å². The molecule has 1 saturated carbocycles. The highest BCUT2D eigenvalue weighted by atomic mass is 16.5. The summed E-state index contributed by atoms with van der Waals surface area (Å²) in [5.74, 6) is 0.942. The Hall–Kier alpha value is -1.00. The van der Waals surface area contributed by atoms with Crippen molar-refractivity contribution < 1.29 is 4.74 Å². The van der Waals surface area contributed by atoms with E-state index in [-0.39, 0.29) is 0 Å². The van der Waals surface area contributed by atoms with Crippen LogP contribution in [0.15, 0.2) is 0 Å². The van der Waals surface area contributed by atoms with Gasteiger partial charge in [0.05, 0.1) is 0 Å². The summed E-state index contributed by atoms with van der Waals surface area (Å²) in [7, 11) is 1.73. The molecule has 4 nitrogen and oxygen atoms in total. The van der Waals surface area contributed by atoms with Gasteiger partial charge in [-0.3, -0.25) is 0 Å². The zero-order chi connectivity index (χ0) is 13.0. The lowest BCUT2D eigenvalue weighted by Crippen LogP contribution is -2.18. The van der Waals surface area contributed by atoms with Crippen molar-refractivity contribution >= 4 is 0 Å². The maximum atomic E-state index is 5.05. The molecule has 100 valence electrons. The van der Waals surface area contributed by atoms with E-state index in [1.165, 1.54) is 18.4 Å². The lowest BCUT2D eigenvalue weighted by atomic mass is 10.1. The molecule has 1 N–H and O–H groups in total. The number of ether oxygens (including phenoxy) is 1. The van der Waals surface area contributed by atoms with E-state index in [1.807, 2.05) is 0 Å². The molecule has 4 heteroatoms. The van der Waals surface area contributed by atoms with Crippen molar-refractivity contribution in [1.29, 1.82) is 0 Å². The van der Waals surface area contributed by atoms with Crippen LogP contribution in [-0.2, 0) is 17.7 Å². The van der Waals surface area contributed by atoms with Crippen LogP contribution < -0.4 is 5.32 Å². The number of rotatable bonds is 7. The minimum atomic E-state index is 0.727. The van der Waals surface area contributed by atoms with Crippen molar-refractivity contribution in [2.75, 3.05) is 13.7 Å². The third kappa shape index (κ3) is 3.75. The minimum absolute atomic E-state index is 0.727. The molecule has 1 aliphatic rings. The number of methoxy groups -OCH3 is 1. The highest BCUT2D eigenvalue weighted by Crippen LogP contribution is 2.20. The number of hydrogen-bond acceptors (Lipinski definition) is 4. The van der Waals surface area contributed by atoms with Gasteiger partial charge in [-0.05, 0) is 33.1 Å². The summed E-state index contributed by atoms with van der Waals surface area (Å²) in [6, 6.07) is 0.727. The Balaban J connectivity index is 1.97. The van der Waals surface area contributed by atoms with Gasteiger partial charge in [0, 0.05) is 49.7 Å². The number of aromatic nitrogens is 2. The van der Waals surface area contributed by atoms with Crippen molar-refractivity contribution in [2.24, 2.45) is 0 Å². The van der Waals surface area contributed by atoms with Crippen LogP contribution in [0.2, 0.25) is 0 Å². The van der Waals surface area contributed by atoms with Gasteiger partial charge in [0.25, 0.3) is 0 Å². The molecule has 0 amide bonds. The quantitative estimate of drug-likeness (QED) is 0.750. The molecule has 1 fully saturated rings. The van der Waals surface area contributed by atoms with Gasteiger partial charge in [-0.1, -0.05) is 0 Å². The summed E-state index contributed by atoms with van der Waals surface area (Å²) in [5.41, 5.74) is 3.49. The Morgan fingerprint density at radius 2 is 1.89 bits per heavy atom. The average molecular weight is 249 g/mol. The topological polar surface area (TPSA) is 47.0 Å². The second kappa shape index (κ2) is 6.25. The largest absolute Gasteiger partial charge is 0.385 e. The van der Waals surface area contributed by atoms with Gasteiger partial charge in [-0.2, -0.15) is 0 Å². The van der Waals surface area contributed by atoms with E-state index in [0.717, 1.165) is 49.2 Å². The number of aryl methyl sites for hydroxylation is 3. The van der Waals surface area contributed by atoms with E-state index in [2.05, 4.69) is 29.1 Å². The maximum Gasteiger partial charge on any atom is 0.128 e. The second-order valence-corrected chi connectivity index (χ2v) is 5.04. The molecule has 2 rings (SSSR count). The Kier molecular flexibility index (Phi) is 4.66. The van der Waals surface area contributed by atoms with Gasteiger partial charge < -0.3 is 10.1 Å². The molecule has 0 unspecified atom stereocenters. The molecule has 1 aromatic rings. The fourth-order valence-corrected chi connectivity index (χ4v) is 2.09. The fourth-order valence-electron chi connectivity index (χ4n) is 2.09. The van der Waals surface area contributed by atoms with Crippen molar-refractivity contribution in [3.8, 4) is 0 Å². The molecule has 0 aromatic carbocycles. The van der Waals surface area contributed by atoms with E-state index in [4.69, 9.17) is 4.74 Å². The van der Waals surface area contributed by atoms with Crippen LogP contribution in [0.3, 0.4) is 0 Å². The smallest absolute Gasteiger partial charge is 0.128 e. The third-order valence-electron chi connectivity index (χ3n) is 3.36. The molecule has 1 aromatic heterocycles. The van der Waals surface area contributed by atoms with E-state index < -0.39 is 0 Å². The number of nitrogens with zero attached hydrogens (tertiary/aromatic N) is 2. The fraction of sp³-hybridized carbons (Fsp3) is 0.714. The molecule has 0 radical (unpaired) electrons. The average Bonchev–Trinajstić information content (AvgIpc) is 3.12. The van der Waals surface area contributed by atoms with Gasteiger partial charge in [0.2, 0.25) is 0 Å². The Labute approximate surface area is 109 Å². The lowest BCUT2D eigenvalue weighted by molar-refractivity contribution is 0.194. The summed E-state index contributed by atoms with van der Waals surface area (Å²) in [4.78, 5) is 9.19. The SMILES string of the molecule is COCCCc1nc(C)c(CNC2CC2)c(C)n1. The van der Waals surface area contributed by atoms with Gasteiger partial charge in [-0.15, -0.1) is 0 Å². The summed E-state index contributed by atoms with van der Waals surface area (Å²) in [6.45, 7) is 5.84. The molecule has 0 aliphatic heterocycles. The first-order chi connectivity index (χ1) is 8.70. The Morgan fingerprint density at radius 3 is 2.44 bits per heavy atom.